The van der Waals surface area contributed by atoms with E-state index >= 15 is 0 Å². The third-order valence-electron chi connectivity index (χ3n) is 11.8. The number of amides is 1. The van der Waals surface area contributed by atoms with Crippen molar-refractivity contribution in [2.75, 3.05) is 0 Å². The van der Waals surface area contributed by atoms with E-state index in [1.165, 1.54) is 0 Å². The monoisotopic (exact) mass is 504 g/mol. The summed E-state index contributed by atoms with van der Waals surface area (Å²) in [6.45, 7) is 15.0. The van der Waals surface area contributed by atoms with Crippen molar-refractivity contribution in [3.05, 3.63) is 23.3 Å². The number of ketones is 2. The molecule has 37 heavy (non-hydrogen) atoms. The number of hydrogen-bond acceptors (Lipinski definition) is 4. The summed E-state index contributed by atoms with van der Waals surface area (Å²) in [5, 5.41) is 13.3. The number of nitrogens with zero attached hydrogens (tertiary/aromatic N) is 1. The number of hydrogen-bond donors (Lipinski definition) is 1. The summed E-state index contributed by atoms with van der Waals surface area (Å²) in [6, 6.07) is 2.18. The molecule has 5 rings (SSSR count). The first-order valence-electron chi connectivity index (χ1n) is 14.4. The fourth-order valence-corrected chi connectivity index (χ4v) is 9.86. The first-order valence-corrected chi connectivity index (χ1v) is 14.4. The molecule has 0 aliphatic heterocycles. The Labute approximate surface area is 222 Å². The summed E-state index contributed by atoms with van der Waals surface area (Å²) in [6.07, 6.45) is 10.9. The Morgan fingerprint density at radius 3 is 2.38 bits per heavy atom. The molecule has 5 aliphatic rings. The number of nitriles is 1. The van der Waals surface area contributed by atoms with Gasteiger partial charge in [-0.15, -0.1) is 0 Å². The molecule has 0 saturated heterocycles. The maximum Gasteiger partial charge on any atom is 0.220 e. The van der Waals surface area contributed by atoms with Gasteiger partial charge in [-0.2, -0.15) is 5.26 Å². The second-order valence-electron chi connectivity index (χ2n) is 14.7. The highest BCUT2D eigenvalue weighted by molar-refractivity contribution is 6.04. The summed E-state index contributed by atoms with van der Waals surface area (Å²) in [4.78, 5) is 40.1. The van der Waals surface area contributed by atoms with Crippen molar-refractivity contribution in [2.45, 2.75) is 105 Å². The van der Waals surface area contributed by atoms with Gasteiger partial charge in [-0.05, 0) is 79.6 Å². The molecule has 0 spiro atoms. The molecule has 3 saturated carbocycles. The van der Waals surface area contributed by atoms with E-state index in [1.807, 2.05) is 32.9 Å². The van der Waals surface area contributed by atoms with Gasteiger partial charge in [-0.25, -0.2) is 0 Å². The molecule has 0 aromatic carbocycles. The zero-order valence-corrected chi connectivity index (χ0v) is 23.8. The predicted molar refractivity (Wildman–Crippen MR) is 143 cm³/mol. The Balaban J connectivity index is 1.63. The van der Waals surface area contributed by atoms with Gasteiger partial charge in [0.15, 0.2) is 11.6 Å². The molecular formula is C32H44N2O3. The summed E-state index contributed by atoms with van der Waals surface area (Å²) in [5.74, 6) is 0.519. The van der Waals surface area contributed by atoms with Crippen LogP contribution in [0.5, 0.6) is 0 Å². The average Bonchev–Trinajstić information content (AvgIpc) is 2.82. The van der Waals surface area contributed by atoms with E-state index < -0.39 is 10.8 Å². The van der Waals surface area contributed by atoms with E-state index in [-0.39, 0.29) is 63.1 Å². The second kappa shape index (κ2) is 8.14. The van der Waals surface area contributed by atoms with Gasteiger partial charge >= 0.3 is 0 Å². The lowest BCUT2D eigenvalue weighted by atomic mass is 9.39. The van der Waals surface area contributed by atoms with Gasteiger partial charge in [-0.3, -0.25) is 14.4 Å². The molecule has 200 valence electrons. The van der Waals surface area contributed by atoms with Crippen LogP contribution in [0.3, 0.4) is 0 Å². The molecule has 5 heteroatoms. The molecule has 5 aliphatic carbocycles. The van der Waals surface area contributed by atoms with Crippen LogP contribution >= 0.6 is 0 Å². The molecule has 7 unspecified atom stereocenters. The van der Waals surface area contributed by atoms with Gasteiger partial charge in [-0.1, -0.05) is 60.1 Å². The maximum absolute atomic E-state index is 14.2. The Hall–Kier alpha value is -2.22. The standard InChI is InChI=1S/C32H44N2O3/c1-8-25(36)34-32-12-9-20-26(21(32)17-28(2,3)13-14-32)22(35)15-24-30(20,6)11-10-23-29(4,5)27(37)19(18-33)16-31(23,24)7/h15-16,20-21,23,26H,8-14,17H2,1-7H3,(H,34,36). The Bertz CT molecular complexity index is 1170. The molecule has 0 aromatic heterocycles. The highest BCUT2D eigenvalue weighted by Crippen LogP contribution is 2.69. The number of Topliss-reactive ketones (excluding diaryl/α,β-unsaturated/α-hetero) is 1. The molecule has 1 amide bonds. The first-order chi connectivity index (χ1) is 17.1. The highest BCUT2D eigenvalue weighted by atomic mass is 16.2. The largest absolute Gasteiger partial charge is 0.350 e. The summed E-state index contributed by atoms with van der Waals surface area (Å²) >= 11 is 0. The van der Waals surface area contributed by atoms with Gasteiger partial charge in [0.25, 0.3) is 0 Å². The zero-order chi connectivity index (χ0) is 27.2. The van der Waals surface area contributed by atoms with Crippen molar-refractivity contribution in [1.29, 1.82) is 5.26 Å². The van der Waals surface area contributed by atoms with Crippen LogP contribution in [0.1, 0.15) is 99.8 Å². The summed E-state index contributed by atoms with van der Waals surface area (Å²) in [7, 11) is 0. The van der Waals surface area contributed by atoms with Gasteiger partial charge in [0.05, 0.1) is 5.57 Å². The molecule has 7 atom stereocenters. The topological polar surface area (TPSA) is 87.0 Å². The Morgan fingerprint density at radius 1 is 1.03 bits per heavy atom. The third-order valence-corrected chi connectivity index (χ3v) is 11.8. The van der Waals surface area contributed by atoms with E-state index in [4.69, 9.17) is 0 Å². The average molecular weight is 505 g/mol. The number of carbonyl (C=O) groups is 3. The molecule has 0 bridgehead atoms. The van der Waals surface area contributed by atoms with Crippen molar-refractivity contribution in [2.24, 2.45) is 45.3 Å². The summed E-state index contributed by atoms with van der Waals surface area (Å²) < 4.78 is 0. The smallest absolute Gasteiger partial charge is 0.220 e. The van der Waals surface area contributed by atoms with E-state index in [0.29, 0.717) is 6.42 Å². The molecule has 3 fully saturated rings. The molecule has 0 radical (unpaired) electrons. The van der Waals surface area contributed by atoms with Crippen molar-refractivity contribution in [3.63, 3.8) is 0 Å². The Kier molecular flexibility index (Phi) is 5.81. The number of rotatable bonds is 2. The maximum atomic E-state index is 14.2. The molecular weight excluding hydrogens is 460 g/mol. The lowest BCUT2D eigenvalue weighted by Gasteiger charge is -2.65. The molecule has 1 N–H and O–H groups in total. The minimum atomic E-state index is -0.643. The minimum Gasteiger partial charge on any atom is -0.350 e. The van der Waals surface area contributed by atoms with Crippen molar-refractivity contribution in [1.82, 2.24) is 5.32 Å². The second-order valence-corrected chi connectivity index (χ2v) is 14.7. The zero-order valence-electron chi connectivity index (χ0n) is 23.8. The summed E-state index contributed by atoms with van der Waals surface area (Å²) in [5.41, 5.74) is -0.0864. The number of allylic oxidation sites excluding steroid dienone is 4. The van der Waals surface area contributed by atoms with Crippen molar-refractivity contribution < 1.29 is 14.4 Å². The van der Waals surface area contributed by atoms with Gasteiger partial charge < -0.3 is 5.32 Å². The van der Waals surface area contributed by atoms with Gasteiger partial charge in [0.1, 0.15) is 6.07 Å². The molecule has 0 aromatic rings. The van der Waals surface area contributed by atoms with E-state index in [2.05, 4.69) is 39.1 Å². The fourth-order valence-electron chi connectivity index (χ4n) is 9.86. The van der Waals surface area contributed by atoms with Crippen LogP contribution in [0.2, 0.25) is 0 Å². The van der Waals surface area contributed by atoms with Crippen LogP contribution in [0.15, 0.2) is 23.3 Å². The number of nitrogens with one attached hydrogen (secondary N) is 1. The molecule has 5 nitrogen and oxygen atoms in total. The third kappa shape index (κ3) is 3.57. The SMILES string of the molecule is CCC(=O)NC12CCC3C(C(=O)C=C4C5(C)C=C(C#N)C(=O)C(C)(C)C5CCC43C)C1CC(C)(C)CC2. The van der Waals surface area contributed by atoms with E-state index in [9.17, 15) is 19.6 Å². The van der Waals surface area contributed by atoms with Gasteiger partial charge in [0, 0.05) is 28.7 Å². The van der Waals surface area contributed by atoms with Crippen molar-refractivity contribution >= 4 is 17.5 Å². The first kappa shape index (κ1) is 26.4. The quantitative estimate of drug-likeness (QED) is 0.493. The van der Waals surface area contributed by atoms with Crippen LogP contribution in [-0.2, 0) is 14.4 Å². The van der Waals surface area contributed by atoms with Crippen LogP contribution in [-0.4, -0.2) is 23.0 Å². The minimum absolute atomic E-state index is 0.0633. The van der Waals surface area contributed by atoms with E-state index in [1.54, 1.807) is 0 Å². The predicted octanol–water partition coefficient (Wildman–Crippen LogP) is 6.09. The lowest BCUT2D eigenvalue weighted by molar-refractivity contribution is -0.146. The lowest BCUT2D eigenvalue weighted by Crippen LogP contribution is -2.66. The van der Waals surface area contributed by atoms with E-state index in [0.717, 1.165) is 50.5 Å². The van der Waals surface area contributed by atoms with Crippen molar-refractivity contribution in [3.8, 4) is 6.07 Å². The number of fused-ring (bicyclic) bond motifs is 7. The normalized spacial score (nSPS) is 43.6. The van der Waals surface area contributed by atoms with Crippen LogP contribution in [0.4, 0.5) is 0 Å². The highest BCUT2D eigenvalue weighted by Gasteiger charge is 2.65. The van der Waals surface area contributed by atoms with Gasteiger partial charge in [0.2, 0.25) is 5.91 Å². The molecule has 0 heterocycles. The Morgan fingerprint density at radius 2 is 1.73 bits per heavy atom. The van der Waals surface area contributed by atoms with Crippen LogP contribution in [0, 0.1) is 56.7 Å². The van der Waals surface area contributed by atoms with Crippen LogP contribution < -0.4 is 5.32 Å². The number of carbonyl (C=O) groups excluding carboxylic acids is 3. The fraction of sp³-hybridized carbons (Fsp3) is 0.750. The van der Waals surface area contributed by atoms with Crippen LogP contribution in [0.25, 0.3) is 0 Å².